The molecule has 1 aliphatic carbocycles. The van der Waals surface area contributed by atoms with Crippen molar-refractivity contribution in [3.63, 3.8) is 0 Å². The number of ether oxygens (including phenoxy) is 2. The molecule has 1 heterocycles. The molecule has 0 unspecified atom stereocenters. The summed E-state index contributed by atoms with van der Waals surface area (Å²) in [6.07, 6.45) is 3.68. The minimum atomic E-state index is -1.01. The molecule has 0 aromatic heterocycles. The van der Waals surface area contributed by atoms with Gasteiger partial charge in [-0.15, -0.1) is 0 Å². The highest BCUT2D eigenvalue weighted by atomic mass is 16.6. The fourth-order valence-corrected chi connectivity index (χ4v) is 3.33. The van der Waals surface area contributed by atoms with Crippen molar-refractivity contribution in [2.24, 2.45) is 0 Å². The molecule has 0 radical (unpaired) electrons. The molecule has 3 rings (SSSR count). The lowest BCUT2D eigenvalue weighted by Crippen LogP contribution is -2.45. The van der Waals surface area contributed by atoms with Gasteiger partial charge in [0.2, 0.25) is 6.10 Å². The van der Waals surface area contributed by atoms with Gasteiger partial charge in [0.25, 0.3) is 5.91 Å². The van der Waals surface area contributed by atoms with Crippen LogP contribution in [0.2, 0.25) is 0 Å². The monoisotopic (exact) mass is 345 g/mol. The van der Waals surface area contributed by atoms with E-state index in [2.05, 4.69) is 5.32 Å². The first-order valence-electron chi connectivity index (χ1n) is 8.84. The maximum atomic E-state index is 12.3. The minimum Gasteiger partial charge on any atom is -0.450 e. The Balaban J connectivity index is 1.55. The summed E-state index contributed by atoms with van der Waals surface area (Å²) in [6.45, 7) is 1.54. The molecule has 2 aliphatic rings. The Morgan fingerprint density at radius 2 is 1.92 bits per heavy atom. The Bertz CT molecular complexity index is 666. The molecule has 0 saturated heterocycles. The van der Waals surface area contributed by atoms with Crippen molar-refractivity contribution in [1.82, 2.24) is 5.32 Å². The van der Waals surface area contributed by atoms with Crippen LogP contribution in [0.15, 0.2) is 24.3 Å². The number of esters is 2. The zero-order valence-electron chi connectivity index (χ0n) is 14.3. The molecular weight excluding hydrogens is 322 g/mol. The molecule has 0 bridgehead atoms. The number of hydrogen-bond donors (Lipinski definition) is 1. The lowest BCUT2D eigenvalue weighted by molar-refractivity contribution is -0.163. The summed E-state index contributed by atoms with van der Waals surface area (Å²) in [6, 6.07) is 7.16. The highest BCUT2D eigenvalue weighted by Gasteiger charge is 2.34. The Morgan fingerprint density at radius 1 is 1.20 bits per heavy atom. The molecule has 1 saturated carbocycles. The molecule has 0 spiro atoms. The molecule has 6 nitrogen and oxygen atoms in total. The molecule has 1 N–H and O–H groups in total. The van der Waals surface area contributed by atoms with Crippen molar-refractivity contribution in [2.75, 3.05) is 0 Å². The van der Waals surface area contributed by atoms with E-state index in [1.165, 1.54) is 13.3 Å². The van der Waals surface area contributed by atoms with E-state index >= 15 is 0 Å². The summed E-state index contributed by atoms with van der Waals surface area (Å²) in [4.78, 5) is 36.5. The average molecular weight is 345 g/mol. The van der Waals surface area contributed by atoms with Gasteiger partial charge in [0.15, 0.2) is 6.10 Å². The van der Waals surface area contributed by atoms with Crippen LogP contribution in [-0.4, -0.2) is 36.1 Å². The summed E-state index contributed by atoms with van der Waals surface area (Å²) in [5.41, 5.74) is 1.22. The first-order chi connectivity index (χ1) is 12.0. The van der Waals surface area contributed by atoms with Crippen LogP contribution in [0.5, 0.6) is 0 Å². The van der Waals surface area contributed by atoms with E-state index in [1.807, 2.05) is 0 Å². The van der Waals surface area contributed by atoms with Crippen molar-refractivity contribution in [2.45, 2.75) is 63.7 Å². The number of fused-ring (bicyclic) bond motifs is 1. The number of carbonyl (C=O) groups is 3. The van der Waals surface area contributed by atoms with Crippen LogP contribution < -0.4 is 5.32 Å². The largest absolute Gasteiger partial charge is 0.450 e. The van der Waals surface area contributed by atoms with Crippen molar-refractivity contribution in [3.05, 3.63) is 35.4 Å². The van der Waals surface area contributed by atoms with Gasteiger partial charge in [0.1, 0.15) is 0 Å². The second kappa shape index (κ2) is 7.68. The van der Waals surface area contributed by atoms with E-state index in [0.29, 0.717) is 5.56 Å². The number of nitrogens with one attached hydrogen (secondary N) is 1. The molecule has 1 aliphatic heterocycles. The van der Waals surface area contributed by atoms with Crippen molar-refractivity contribution in [1.29, 1.82) is 0 Å². The topological polar surface area (TPSA) is 81.7 Å². The van der Waals surface area contributed by atoms with Gasteiger partial charge in [-0.2, -0.15) is 0 Å². The van der Waals surface area contributed by atoms with Gasteiger partial charge < -0.3 is 14.8 Å². The van der Waals surface area contributed by atoms with Crippen LogP contribution in [0, 0.1) is 0 Å². The van der Waals surface area contributed by atoms with Gasteiger partial charge in [-0.05, 0) is 31.4 Å². The average Bonchev–Trinajstić information content (AvgIpc) is 2.62. The molecule has 6 heteroatoms. The van der Waals surface area contributed by atoms with Gasteiger partial charge >= 0.3 is 11.9 Å². The SMILES string of the molecule is C[C@@H](OC(=O)[C@@H]1Cc2ccccc2C(=O)O1)C(=O)NC1CCCCC1. The predicted molar refractivity (Wildman–Crippen MR) is 89.9 cm³/mol. The molecule has 25 heavy (non-hydrogen) atoms. The van der Waals surface area contributed by atoms with E-state index in [9.17, 15) is 14.4 Å². The minimum absolute atomic E-state index is 0.154. The molecule has 1 aromatic rings. The Labute approximate surface area is 146 Å². The third kappa shape index (κ3) is 4.18. The van der Waals surface area contributed by atoms with E-state index in [-0.39, 0.29) is 18.4 Å². The third-order valence-corrected chi connectivity index (χ3v) is 4.77. The summed E-state index contributed by atoms with van der Waals surface area (Å²) in [7, 11) is 0. The second-order valence-electron chi connectivity index (χ2n) is 6.68. The van der Waals surface area contributed by atoms with E-state index in [0.717, 1.165) is 31.2 Å². The summed E-state index contributed by atoms with van der Waals surface area (Å²) < 4.78 is 10.4. The van der Waals surface area contributed by atoms with Gasteiger partial charge in [0.05, 0.1) is 5.56 Å². The van der Waals surface area contributed by atoms with Crippen molar-refractivity contribution in [3.8, 4) is 0 Å². The van der Waals surface area contributed by atoms with E-state index in [4.69, 9.17) is 9.47 Å². The molecule has 134 valence electrons. The Hall–Kier alpha value is -2.37. The fourth-order valence-electron chi connectivity index (χ4n) is 3.33. The lowest BCUT2D eigenvalue weighted by atomic mass is 9.95. The van der Waals surface area contributed by atoms with Crippen LogP contribution in [0.4, 0.5) is 0 Å². The molecule has 1 aromatic carbocycles. The van der Waals surface area contributed by atoms with Crippen LogP contribution in [0.25, 0.3) is 0 Å². The first kappa shape index (κ1) is 17.5. The molecule has 1 amide bonds. The number of cyclic esters (lactones) is 1. The summed E-state index contributed by atoms with van der Waals surface area (Å²) in [5.74, 6) is -1.53. The lowest BCUT2D eigenvalue weighted by Gasteiger charge is -2.26. The second-order valence-corrected chi connectivity index (χ2v) is 6.68. The zero-order valence-corrected chi connectivity index (χ0v) is 14.3. The maximum Gasteiger partial charge on any atom is 0.348 e. The van der Waals surface area contributed by atoms with Gasteiger partial charge in [-0.3, -0.25) is 4.79 Å². The van der Waals surface area contributed by atoms with Crippen molar-refractivity contribution >= 4 is 17.8 Å². The predicted octanol–water partition coefficient (Wildman–Crippen LogP) is 2.15. The number of benzene rings is 1. The van der Waals surface area contributed by atoms with E-state index < -0.39 is 24.1 Å². The van der Waals surface area contributed by atoms with Crippen LogP contribution >= 0.6 is 0 Å². The maximum absolute atomic E-state index is 12.3. The highest BCUT2D eigenvalue weighted by molar-refractivity contribution is 5.95. The fraction of sp³-hybridized carbons (Fsp3) is 0.526. The van der Waals surface area contributed by atoms with Gasteiger partial charge in [0, 0.05) is 12.5 Å². The number of carbonyl (C=O) groups excluding carboxylic acids is 3. The van der Waals surface area contributed by atoms with E-state index in [1.54, 1.807) is 24.3 Å². The Morgan fingerprint density at radius 3 is 2.68 bits per heavy atom. The van der Waals surface area contributed by atoms with Crippen molar-refractivity contribution < 1.29 is 23.9 Å². The quantitative estimate of drug-likeness (QED) is 0.846. The van der Waals surface area contributed by atoms with Gasteiger partial charge in [-0.25, -0.2) is 9.59 Å². The van der Waals surface area contributed by atoms with Crippen LogP contribution in [-0.2, 0) is 25.5 Å². The number of rotatable bonds is 4. The third-order valence-electron chi connectivity index (χ3n) is 4.77. The normalized spacial score (nSPS) is 21.6. The smallest absolute Gasteiger partial charge is 0.348 e. The Kier molecular flexibility index (Phi) is 5.36. The number of amides is 1. The van der Waals surface area contributed by atoms with Gasteiger partial charge in [-0.1, -0.05) is 37.5 Å². The standard InChI is InChI=1S/C19H23NO5/c1-12(17(21)20-14-8-3-2-4-9-14)24-19(23)16-11-13-7-5-6-10-15(13)18(22)25-16/h5-7,10,12,14,16H,2-4,8-9,11H2,1H3,(H,20,21)/t12-,16+/m1/s1. The number of hydrogen-bond acceptors (Lipinski definition) is 5. The first-order valence-corrected chi connectivity index (χ1v) is 8.84. The van der Waals surface area contributed by atoms with Crippen LogP contribution in [0.1, 0.15) is 54.9 Å². The summed E-state index contributed by atoms with van der Waals surface area (Å²) >= 11 is 0. The zero-order chi connectivity index (χ0) is 17.8. The summed E-state index contributed by atoms with van der Waals surface area (Å²) in [5, 5.41) is 2.93. The molecule has 2 atom stereocenters. The van der Waals surface area contributed by atoms with Crippen LogP contribution in [0.3, 0.4) is 0 Å². The molecule has 1 fully saturated rings. The molecular formula is C19H23NO5. The highest BCUT2D eigenvalue weighted by Crippen LogP contribution is 2.22.